The van der Waals surface area contributed by atoms with Gasteiger partial charge in [0.1, 0.15) is 11.5 Å². The summed E-state index contributed by atoms with van der Waals surface area (Å²) in [7, 11) is 1.72. The zero-order valence-electron chi connectivity index (χ0n) is 17.9. The Kier molecular flexibility index (Phi) is 4.50. The average molecular weight is 400 g/mol. The third kappa shape index (κ3) is 2.72. The lowest BCUT2D eigenvalue weighted by Crippen LogP contribution is -2.45. The molecule has 154 valence electrons. The Hall–Kier alpha value is -2.94. The van der Waals surface area contributed by atoms with Crippen LogP contribution in [0.25, 0.3) is 0 Å². The number of rotatable bonds is 5. The number of para-hydroxylation sites is 1. The Morgan fingerprint density at radius 3 is 2.20 bits per heavy atom. The van der Waals surface area contributed by atoms with E-state index in [0.717, 1.165) is 11.5 Å². The Morgan fingerprint density at radius 2 is 1.57 bits per heavy atom. The summed E-state index contributed by atoms with van der Waals surface area (Å²) < 4.78 is 11.1. The number of anilines is 1. The Labute approximate surface area is 179 Å². The molecule has 3 nitrogen and oxygen atoms in total. The van der Waals surface area contributed by atoms with Gasteiger partial charge in [0, 0.05) is 16.5 Å². The summed E-state index contributed by atoms with van der Waals surface area (Å²) in [5.41, 5.74) is 5.35. The lowest BCUT2D eigenvalue weighted by molar-refractivity contribution is 0.263. The Morgan fingerprint density at radius 1 is 0.900 bits per heavy atom. The van der Waals surface area contributed by atoms with E-state index < -0.39 is 0 Å². The Balaban J connectivity index is 1.65. The van der Waals surface area contributed by atoms with Crippen LogP contribution in [0.2, 0.25) is 0 Å². The summed E-state index contributed by atoms with van der Waals surface area (Å²) in [5, 5.41) is 3.89. The van der Waals surface area contributed by atoms with Gasteiger partial charge < -0.3 is 14.8 Å². The maximum Gasteiger partial charge on any atom is 0.119 e. The van der Waals surface area contributed by atoms with Gasteiger partial charge in [-0.2, -0.15) is 0 Å². The minimum Gasteiger partial charge on any atom is -0.497 e. The van der Waals surface area contributed by atoms with Crippen molar-refractivity contribution >= 4 is 5.69 Å². The molecule has 3 heteroatoms. The maximum absolute atomic E-state index is 5.71. The number of benzene rings is 3. The molecule has 2 aliphatic rings. The van der Waals surface area contributed by atoms with Gasteiger partial charge in [-0.1, -0.05) is 49.4 Å². The van der Waals surface area contributed by atoms with Crippen LogP contribution in [0.3, 0.4) is 0 Å². The minimum atomic E-state index is -0.0792. The van der Waals surface area contributed by atoms with Gasteiger partial charge >= 0.3 is 0 Å². The summed E-state index contributed by atoms with van der Waals surface area (Å²) in [4.78, 5) is 0. The summed E-state index contributed by atoms with van der Waals surface area (Å²) in [6.45, 7) is 5.15. The zero-order chi connectivity index (χ0) is 20.8. The van der Waals surface area contributed by atoms with E-state index in [1.165, 1.54) is 35.2 Å². The number of fused-ring (bicyclic) bond motifs is 1. The van der Waals surface area contributed by atoms with Crippen molar-refractivity contribution in [2.24, 2.45) is 5.41 Å². The first kappa shape index (κ1) is 19.0. The van der Waals surface area contributed by atoms with Crippen molar-refractivity contribution in [1.82, 2.24) is 0 Å². The number of nitrogens with one attached hydrogen (secondary N) is 1. The molecular weight excluding hydrogens is 370 g/mol. The van der Waals surface area contributed by atoms with Crippen LogP contribution in [0.15, 0.2) is 72.8 Å². The number of hydrogen-bond donors (Lipinski definition) is 1. The fraction of sp³-hybridized carbons (Fsp3) is 0.333. The van der Waals surface area contributed by atoms with Gasteiger partial charge in [0.05, 0.1) is 19.8 Å². The molecule has 0 unspecified atom stereocenters. The molecule has 0 radical (unpaired) electrons. The highest BCUT2D eigenvalue weighted by Gasteiger charge is 2.65. The molecule has 0 aromatic heterocycles. The third-order valence-corrected chi connectivity index (χ3v) is 7.29. The molecule has 1 fully saturated rings. The van der Waals surface area contributed by atoms with Crippen LogP contribution in [-0.4, -0.2) is 13.7 Å². The van der Waals surface area contributed by atoms with Gasteiger partial charge in [-0.05, 0) is 66.8 Å². The van der Waals surface area contributed by atoms with Crippen molar-refractivity contribution in [2.75, 3.05) is 19.0 Å². The fourth-order valence-electron chi connectivity index (χ4n) is 5.51. The summed E-state index contributed by atoms with van der Waals surface area (Å²) in [6, 6.07) is 26.4. The molecule has 1 spiro atoms. The first-order chi connectivity index (χ1) is 14.6. The van der Waals surface area contributed by atoms with Crippen LogP contribution >= 0.6 is 0 Å². The predicted molar refractivity (Wildman–Crippen MR) is 122 cm³/mol. The molecule has 1 N–H and O–H groups in total. The zero-order valence-corrected chi connectivity index (χ0v) is 17.9. The van der Waals surface area contributed by atoms with Gasteiger partial charge in [-0.25, -0.2) is 0 Å². The topological polar surface area (TPSA) is 30.5 Å². The van der Waals surface area contributed by atoms with Crippen LogP contribution in [-0.2, 0) is 5.41 Å². The third-order valence-electron chi connectivity index (χ3n) is 7.29. The van der Waals surface area contributed by atoms with E-state index in [9.17, 15) is 0 Å². The van der Waals surface area contributed by atoms with Crippen LogP contribution in [0.4, 0.5) is 5.69 Å². The van der Waals surface area contributed by atoms with Crippen LogP contribution in [0.1, 0.15) is 49.4 Å². The van der Waals surface area contributed by atoms with Crippen molar-refractivity contribution in [3.05, 3.63) is 89.5 Å². The van der Waals surface area contributed by atoms with Gasteiger partial charge in [0.15, 0.2) is 0 Å². The number of methoxy groups -OCH3 is 1. The van der Waals surface area contributed by atoms with Gasteiger partial charge in [-0.3, -0.25) is 0 Å². The van der Waals surface area contributed by atoms with Crippen molar-refractivity contribution in [3.63, 3.8) is 0 Å². The summed E-state index contributed by atoms with van der Waals surface area (Å²) in [5.74, 6) is 1.83. The monoisotopic (exact) mass is 399 g/mol. The molecule has 0 saturated heterocycles. The van der Waals surface area contributed by atoms with E-state index in [4.69, 9.17) is 9.47 Å². The highest BCUT2D eigenvalue weighted by atomic mass is 16.5. The number of ether oxygens (including phenoxy) is 2. The second-order valence-electron chi connectivity index (χ2n) is 8.63. The second kappa shape index (κ2) is 7.09. The van der Waals surface area contributed by atoms with Crippen molar-refractivity contribution in [1.29, 1.82) is 0 Å². The fourth-order valence-corrected chi connectivity index (χ4v) is 5.51. The molecule has 1 aliphatic heterocycles. The smallest absolute Gasteiger partial charge is 0.119 e. The van der Waals surface area contributed by atoms with Crippen molar-refractivity contribution in [3.8, 4) is 11.5 Å². The summed E-state index contributed by atoms with van der Waals surface area (Å²) in [6.07, 6.45) is 2.41. The second-order valence-corrected chi connectivity index (χ2v) is 8.63. The van der Waals surface area contributed by atoms with Crippen LogP contribution in [0.5, 0.6) is 11.5 Å². The first-order valence-electron chi connectivity index (χ1n) is 10.9. The molecule has 3 aromatic rings. The minimum absolute atomic E-state index is 0.0792. The molecule has 5 rings (SSSR count). The van der Waals surface area contributed by atoms with E-state index in [2.05, 4.69) is 85.0 Å². The van der Waals surface area contributed by atoms with Crippen molar-refractivity contribution in [2.45, 2.75) is 38.1 Å². The highest BCUT2D eigenvalue weighted by molar-refractivity contribution is 5.65. The normalized spacial score (nSPS) is 23.4. The van der Waals surface area contributed by atoms with E-state index in [1.807, 2.05) is 6.92 Å². The standard InChI is InChI=1S/C27H29NO2/c1-4-30-22-15-11-20(12-16-22)26(2)23-7-5-6-8-24(23)28-25(27(26)17-18-27)19-9-13-21(29-3)14-10-19/h5-16,25,28H,4,17-18H2,1-3H3/t25-,26+/m1/s1. The largest absolute Gasteiger partial charge is 0.497 e. The first-order valence-corrected chi connectivity index (χ1v) is 10.9. The quantitative estimate of drug-likeness (QED) is 0.542. The van der Waals surface area contributed by atoms with Crippen LogP contribution < -0.4 is 14.8 Å². The summed E-state index contributed by atoms with van der Waals surface area (Å²) >= 11 is 0. The average Bonchev–Trinajstić information content (AvgIpc) is 3.59. The molecule has 1 heterocycles. The van der Waals surface area contributed by atoms with E-state index in [0.29, 0.717) is 6.61 Å². The van der Waals surface area contributed by atoms with E-state index in [-0.39, 0.29) is 16.9 Å². The molecule has 1 saturated carbocycles. The van der Waals surface area contributed by atoms with E-state index >= 15 is 0 Å². The molecule has 30 heavy (non-hydrogen) atoms. The van der Waals surface area contributed by atoms with E-state index in [1.54, 1.807) is 7.11 Å². The molecule has 1 aliphatic carbocycles. The highest BCUT2D eigenvalue weighted by Crippen LogP contribution is 2.71. The molecular formula is C27H29NO2. The maximum atomic E-state index is 5.71. The lowest BCUT2D eigenvalue weighted by atomic mass is 9.59. The lowest BCUT2D eigenvalue weighted by Gasteiger charge is -2.50. The van der Waals surface area contributed by atoms with Gasteiger partial charge in [0.2, 0.25) is 0 Å². The molecule has 2 atom stereocenters. The molecule has 0 bridgehead atoms. The SMILES string of the molecule is CCOc1ccc([C@@]2(C)c3ccccc3N[C@H](c3ccc(OC)cc3)C23CC3)cc1. The Bertz CT molecular complexity index is 1040. The van der Waals surface area contributed by atoms with Crippen molar-refractivity contribution < 1.29 is 9.47 Å². The van der Waals surface area contributed by atoms with Crippen LogP contribution in [0, 0.1) is 5.41 Å². The van der Waals surface area contributed by atoms with Gasteiger partial charge in [-0.15, -0.1) is 0 Å². The molecule has 0 amide bonds. The predicted octanol–water partition coefficient (Wildman–Crippen LogP) is 6.35. The molecule has 3 aromatic carbocycles. The number of hydrogen-bond acceptors (Lipinski definition) is 3. The van der Waals surface area contributed by atoms with Gasteiger partial charge in [0.25, 0.3) is 0 Å².